The summed E-state index contributed by atoms with van der Waals surface area (Å²) in [4.78, 5) is 4.32. The molecule has 2 nitrogen and oxygen atoms in total. The monoisotopic (exact) mass is 436 g/mol. The van der Waals surface area contributed by atoms with E-state index in [4.69, 9.17) is 0 Å². The maximum Gasteiger partial charge on any atom is 0.205 e. The summed E-state index contributed by atoms with van der Waals surface area (Å²) in [6.45, 7) is 6.01. The van der Waals surface area contributed by atoms with Crippen molar-refractivity contribution in [2.24, 2.45) is 16.8 Å². The van der Waals surface area contributed by atoms with E-state index in [1.807, 2.05) is 37.4 Å². The minimum Gasteiger partial charge on any atom is -0.207 e. The average molecular weight is 437 g/mol. The van der Waals surface area contributed by atoms with E-state index < -0.39 is 0 Å². The largest absolute Gasteiger partial charge is 0.207 e. The fourth-order valence-corrected chi connectivity index (χ4v) is 5.64. The van der Waals surface area contributed by atoms with Gasteiger partial charge in [-0.1, -0.05) is 55.1 Å². The molecule has 0 aromatic heterocycles. The molecule has 0 saturated carbocycles. The molecule has 0 spiro atoms. The quantitative estimate of drug-likeness (QED) is 0.462. The summed E-state index contributed by atoms with van der Waals surface area (Å²) in [5, 5.41) is 9.62. The van der Waals surface area contributed by atoms with Crippen LogP contribution in [0.25, 0.3) is 17.2 Å². The Bertz CT molecular complexity index is 1350. The van der Waals surface area contributed by atoms with Gasteiger partial charge in [-0.25, -0.2) is 8.78 Å². The predicted molar refractivity (Wildman–Crippen MR) is 129 cm³/mol. The molecule has 3 unspecified atom stereocenters. The molecule has 5 rings (SSSR count). The standard InChI is InChI=1S/C29H22F2N2/c1-3-17-6-5-7-23-24(17)22(4-2)27-25(18-8-12-20(30)13-9-18)29(33-16-32)26(28(23)27)19-10-14-21(31)15-11-19/h3-10,12-15,19,26,28H,1,11H2,2H3/b22-4+,33-29?. The first-order valence-electron chi connectivity index (χ1n) is 11.0. The van der Waals surface area contributed by atoms with Crippen molar-refractivity contribution in [3.05, 3.63) is 113 Å². The van der Waals surface area contributed by atoms with Crippen LogP contribution in [-0.4, -0.2) is 5.71 Å². The third-order valence-electron chi connectivity index (χ3n) is 6.90. The summed E-state index contributed by atoms with van der Waals surface area (Å²) in [6.07, 6.45) is 11.5. The van der Waals surface area contributed by atoms with Crippen LogP contribution in [0.4, 0.5) is 8.78 Å². The number of fused-ring (bicyclic) bond motifs is 3. The van der Waals surface area contributed by atoms with Gasteiger partial charge in [-0.3, -0.25) is 0 Å². The minimum absolute atomic E-state index is 0.0222. The number of aliphatic imine (C=N–C) groups is 1. The molecule has 0 heterocycles. The molecule has 162 valence electrons. The second kappa shape index (κ2) is 8.26. The van der Waals surface area contributed by atoms with Gasteiger partial charge in [0.1, 0.15) is 11.6 Å². The van der Waals surface area contributed by atoms with E-state index in [0.29, 0.717) is 12.1 Å². The zero-order valence-corrected chi connectivity index (χ0v) is 18.2. The molecule has 0 aliphatic heterocycles. The van der Waals surface area contributed by atoms with Gasteiger partial charge in [0, 0.05) is 17.4 Å². The Morgan fingerprint density at radius 1 is 1.15 bits per heavy atom. The smallest absolute Gasteiger partial charge is 0.205 e. The lowest BCUT2D eigenvalue weighted by Crippen LogP contribution is -2.25. The first kappa shape index (κ1) is 21.0. The molecule has 3 aliphatic carbocycles. The van der Waals surface area contributed by atoms with E-state index in [9.17, 15) is 14.0 Å². The molecule has 2 aromatic carbocycles. The van der Waals surface area contributed by atoms with Crippen LogP contribution in [0, 0.1) is 29.1 Å². The van der Waals surface area contributed by atoms with Crippen LogP contribution in [0.1, 0.15) is 41.5 Å². The van der Waals surface area contributed by atoms with Crippen LogP contribution in [0.15, 0.2) is 89.7 Å². The van der Waals surface area contributed by atoms with Gasteiger partial charge in [0.25, 0.3) is 0 Å². The van der Waals surface area contributed by atoms with Gasteiger partial charge in [0.2, 0.25) is 6.19 Å². The van der Waals surface area contributed by atoms with Crippen molar-refractivity contribution in [3.63, 3.8) is 0 Å². The van der Waals surface area contributed by atoms with Crippen LogP contribution in [0.5, 0.6) is 0 Å². The molecule has 0 amide bonds. The molecule has 0 radical (unpaired) electrons. The first-order valence-corrected chi connectivity index (χ1v) is 11.0. The molecule has 4 heteroatoms. The fourth-order valence-electron chi connectivity index (χ4n) is 5.64. The normalized spacial score (nSPS) is 25.8. The third kappa shape index (κ3) is 3.24. The lowest BCUT2D eigenvalue weighted by molar-refractivity contribution is 0.464. The summed E-state index contributed by atoms with van der Waals surface area (Å²) in [7, 11) is 0. The van der Waals surface area contributed by atoms with Gasteiger partial charge in [-0.15, -0.1) is 0 Å². The van der Waals surface area contributed by atoms with Gasteiger partial charge in [-0.05, 0) is 76.9 Å². The van der Waals surface area contributed by atoms with Gasteiger partial charge in [0.05, 0.1) is 5.71 Å². The highest BCUT2D eigenvalue weighted by Crippen LogP contribution is 2.60. The van der Waals surface area contributed by atoms with Crippen molar-refractivity contribution in [2.45, 2.75) is 19.3 Å². The summed E-state index contributed by atoms with van der Waals surface area (Å²) < 4.78 is 27.6. The summed E-state index contributed by atoms with van der Waals surface area (Å²) >= 11 is 0. The average Bonchev–Trinajstić information content (AvgIpc) is 3.32. The number of halogens is 2. The Balaban J connectivity index is 1.82. The second-order valence-electron chi connectivity index (χ2n) is 8.46. The van der Waals surface area contributed by atoms with Crippen LogP contribution in [0.2, 0.25) is 0 Å². The molecule has 3 atom stereocenters. The van der Waals surface area contributed by atoms with E-state index in [1.54, 1.807) is 18.2 Å². The molecular formula is C29H22F2N2. The number of nitrogens with zero attached hydrogens (tertiary/aromatic N) is 2. The van der Waals surface area contributed by atoms with Crippen LogP contribution in [0.3, 0.4) is 0 Å². The van der Waals surface area contributed by atoms with E-state index in [1.165, 1.54) is 18.2 Å². The molecule has 0 fully saturated rings. The molecule has 0 N–H and O–H groups in total. The fraction of sp³-hybridized carbons (Fsp3) is 0.172. The second-order valence-corrected chi connectivity index (χ2v) is 8.46. The van der Waals surface area contributed by atoms with Gasteiger partial charge < -0.3 is 0 Å². The number of allylic oxidation sites excluding steroid dienone is 8. The number of hydrogen-bond donors (Lipinski definition) is 0. The van der Waals surface area contributed by atoms with Crippen molar-refractivity contribution in [1.82, 2.24) is 0 Å². The van der Waals surface area contributed by atoms with Crippen molar-refractivity contribution in [3.8, 4) is 6.19 Å². The maximum absolute atomic E-state index is 13.8. The topological polar surface area (TPSA) is 36.1 Å². The molecule has 33 heavy (non-hydrogen) atoms. The SMILES string of the molecule is C=Cc1cccc2c1/C(=C\C)C1=C(c3ccc(F)cc3)C(=NC#N)C(C3C=CC(F)=CC3)C12. The number of benzene rings is 2. The molecule has 0 bridgehead atoms. The van der Waals surface area contributed by atoms with Gasteiger partial charge >= 0.3 is 0 Å². The zero-order valence-electron chi connectivity index (χ0n) is 18.2. The number of nitriles is 1. The Morgan fingerprint density at radius 3 is 2.58 bits per heavy atom. The van der Waals surface area contributed by atoms with Crippen LogP contribution < -0.4 is 0 Å². The van der Waals surface area contributed by atoms with Crippen molar-refractivity contribution in [1.29, 1.82) is 5.26 Å². The highest BCUT2D eigenvalue weighted by molar-refractivity contribution is 6.32. The Morgan fingerprint density at radius 2 is 1.94 bits per heavy atom. The van der Waals surface area contributed by atoms with Crippen molar-refractivity contribution >= 4 is 22.9 Å². The zero-order chi connectivity index (χ0) is 23.1. The molecule has 2 aromatic rings. The lowest BCUT2D eigenvalue weighted by Gasteiger charge is -2.28. The summed E-state index contributed by atoms with van der Waals surface area (Å²) in [6, 6.07) is 12.5. The molecule has 3 aliphatic rings. The van der Waals surface area contributed by atoms with Crippen molar-refractivity contribution < 1.29 is 8.78 Å². The van der Waals surface area contributed by atoms with E-state index in [0.717, 1.165) is 39.0 Å². The Kier molecular flexibility index (Phi) is 5.26. The summed E-state index contributed by atoms with van der Waals surface area (Å²) in [5.41, 5.74) is 7.89. The van der Waals surface area contributed by atoms with Crippen molar-refractivity contribution in [2.75, 3.05) is 0 Å². The summed E-state index contributed by atoms with van der Waals surface area (Å²) in [5.74, 6) is -0.769. The maximum atomic E-state index is 13.8. The molecule has 0 saturated heterocycles. The highest BCUT2D eigenvalue weighted by Gasteiger charge is 2.50. The highest BCUT2D eigenvalue weighted by atomic mass is 19.1. The lowest BCUT2D eigenvalue weighted by atomic mass is 9.75. The number of rotatable bonds is 3. The van der Waals surface area contributed by atoms with Gasteiger partial charge in [-0.2, -0.15) is 10.3 Å². The van der Waals surface area contributed by atoms with Crippen LogP contribution >= 0.6 is 0 Å². The van der Waals surface area contributed by atoms with Gasteiger partial charge in [0.15, 0.2) is 0 Å². The van der Waals surface area contributed by atoms with E-state index in [2.05, 4.69) is 23.7 Å². The van der Waals surface area contributed by atoms with E-state index >= 15 is 0 Å². The molecular weight excluding hydrogens is 414 g/mol. The number of hydrogen-bond acceptors (Lipinski definition) is 2. The van der Waals surface area contributed by atoms with Crippen LogP contribution in [-0.2, 0) is 0 Å². The Labute approximate surface area is 192 Å². The predicted octanol–water partition coefficient (Wildman–Crippen LogP) is 7.40. The van der Waals surface area contributed by atoms with E-state index in [-0.39, 0.29) is 29.4 Å². The minimum atomic E-state index is -0.319. The third-order valence-corrected chi connectivity index (χ3v) is 6.90. The Hall–Kier alpha value is -3.84. The first-order chi connectivity index (χ1) is 16.1.